The van der Waals surface area contributed by atoms with Gasteiger partial charge in [-0.2, -0.15) is 0 Å². The molecule has 0 amide bonds. The number of rotatable bonds is 2. The quantitative estimate of drug-likeness (QED) is 0.768. The minimum atomic E-state index is -0.970. The van der Waals surface area contributed by atoms with Crippen LogP contribution in [0.1, 0.15) is 45.4 Å². The zero-order valence-corrected chi connectivity index (χ0v) is 13.1. The van der Waals surface area contributed by atoms with Gasteiger partial charge in [0.2, 0.25) is 0 Å². The monoisotopic (exact) mass is 304 g/mol. The van der Waals surface area contributed by atoms with Crippen LogP contribution in [0, 0.1) is 5.92 Å². The SMILES string of the molecule is C/C=C1\CCC[C@@]2(OC)CCC[C@@H](C=C(Cl)Cl)[C@]12O. The number of methoxy groups -OCH3 is 1. The van der Waals surface area contributed by atoms with Crippen molar-refractivity contribution in [1.29, 1.82) is 0 Å². The lowest BCUT2D eigenvalue weighted by molar-refractivity contribution is -0.202. The zero-order valence-electron chi connectivity index (χ0n) is 11.6. The number of hydrogen-bond donors (Lipinski definition) is 1. The lowest BCUT2D eigenvalue weighted by Crippen LogP contribution is -2.64. The maximum Gasteiger partial charge on any atom is 0.121 e. The second-order valence-electron chi connectivity index (χ2n) is 5.59. The highest BCUT2D eigenvalue weighted by Crippen LogP contribution is 2.54. The highest BCUT2D eigenvalue weighted by Gasteiger charge is 2.59. The van der Waals surface area contributed by atoms with E-state index in [1.165, 1.54) is 0 Å². The molecule has 2 nitrogen and oxygen atoms in total. The Bertz CT molecular complexity index is 397. The normalized spacial score (nSPS) is 40.9. The molecular formula is C15H22Cl2O2. The van der Waals surface area contributed by atoms with Crippen molar-refractivity contribution in [2.45, 2.75) is 56.7 Å². The molecule has 0 aliphatic heterocycles. The first-order chi connectivity index (χ1) is 9.00. The summed E-state index contributed by atoms with van der Waals surface area (Å²) in [5.74, 6) is -0.0716. The Balaban J connectivity index is 2.51. The standard InChI is InChI=1S/C15H22Cl2O2/c1-3-11-6-4-8-14(19-2)9-5-7-12(10-13(16)17)15(11,14)18/h3,10,12,18H,4-9H2,1-2H3/b11-3+/t12-,14+,15+/m0/s1. The molecule has 0 aromatic carbocycles. The van der Waals surface area contributed by atoms with Crippen molar-refractivity contribution in [3.63, 3.8) is 0 Å². The molecule has 4 heteroatoms. The Morgan fingerprint density at radius 2 is 2.05 bits per heavy atom. The summed E-state index contributed by atoms with van der Waals surface area (Å²) in [6.45, 7) is 1.98. The van der Waals surface area contributed by atoms with Crippen molar-refractivity contribution in [2.24, 2.45) is 5.92 Å². The Morgan fingerprint density at radius 3 is 2.63 bits per heavy atom. The number of fused-ring (bicyclic) bond motifs is 1. The number of hydrogen-bond acceptors (Lipinski definition) is 2. The second-order valence-corrected chi connectivity index (χ2v) is 6.60. The average molecular weight is 305 g/mol. The van der Waals surface area contributed by atoms with Crippen molar-refractivity contribution in [3.8, 4) is 0 Å². The van der Waals surface area contributed by atoms with Crippen LogP contribution in [0.15, 0.2) is 22.2 Å². The van der Waals surface area contributed by atoms with Gasteiger partial charge in [0.1, 0.15) is 15.7 Å². The molecule has 2 saturated carbocycles. The van der Waals surface area contributed by atoms with E-state index in [0.29, 0.717) is 0 Å². The van der Waals surface area contributed by atoms with E-state index in [9.17, 15) is 5.11 Å². The number of aliphatic hydroxyl groups is 1. The molecule has 1 N–H and O–H groups in total. The fourth-order valence-electron chi connectivity index (χ4n) is 4.03. The van der Waals surface area contributed by atoms with E-state index < -0.39 is 11.2 Å². The Labute approximate surface area is 125 Å². The third kappa shape index (κ3) is 2.37. The van der Waals surface area contributed by atoms with Gasteiger partial charge in [-0.3, -0.25) is 0 Å². The van der Waals surface area contributed by atoms with Crippen molar-refractivity contribution >= 4 is 23.2 Å². The topological polar surface area (TPSA) is 29.5 Å². The summed E-state index contributed by atoms with van der Waals surface area (Å²) < 4.78 is 6.05. The summed E-state index contributed by atoms with van der Waals surface area (Å²) in [7, 11) is 1.71. The molecule has 2 aliphatic carbocycles. The molecule has 3 atom stereocenters. The molecule has 2 fully saturated rings. The van der Waals surface area contributed by atoms with Crippen LogP contribution in [0.4, 0.5) is 0 Å². The van der Waals surface area contributed by atoms with Crippen LogP contribution in [-0.4, -0.2) is 23.4 Å². The summed E-state index contributed by atoms with van der Waals surface area (Å²) in [6.07, 6.45) is 9.48. The van der Waals surface area contributed by atoms with Gasteiger partial charge < -0.3 is 9.84 Å². The molecule has 108 valence electrons. The van der Waals surface area contributed by atoms with E-state index in [1.807, 2.05) is 13.0 Å². The third-order valence-electron chi connectivity index (χ3n) is 4.91. The molecule has 0 spiro atoms. The average Bonchev–Trinajstić information content (AvgIpc) is 2.38. The number of allylic oxidation sites excluding steroid dienone is 1. The smallest absolute Gasteiger partial charge is 0.121 e. The molecule has 0 aromatic heterocycles. The lowest BCUT2D eigenvalue weighted by Gasteiger charge is -2.56. The molecule has 0 aromatic rings. The van der Waals surface area contributed by atoms with Crippen molar-refractivity contribution in [3.05, 3.63) is 22.2 Å². The fraction of sp³-hybridized carbons (Fsp3) is 0.733. The van der Waals surface area contributed by atoms with Crippen molar-refractivity contribution in [2.75, 3.05) is 7.11 Å². The van der Waals surface area contributed by atoms with Gasteiger partial charge in [0.25, 0.3) is 0 Å². The minimum Gasteiger partial charge on any atom is -0.382 e. The van der Waals surface area contributed by atoms with E-state index in [1.54, 1.807) is 13.2 Å². The predicted octanol–water partition coefficient (Wildman–Crippen LogP) is 4.35. The van der Waals surface area contributed by atoms with Crippen molar-refractivity contribution < 1.29 is 9.84 Å². The predicted molar refractivity (Wildman–Crippen MR) is 79.4 cm³/mol. The minimum absolute atomic E-state index is 0.0716. The highest BCUT2D eigenvalue weighted by molar-refractivity contribution is 6.55. The van der Waals surface area contributed by atoms with Crippen LogP contribution < -0.4 is 0 Å². The van der Waals surface area contributed by atoms with Gasteiger partial charge in [-0.1, -0.05) is 29.3 Å². The molecule has 0 bridgehead atoms. The van der Waals surface area contributed by atoms with Gasteiger partial charge >= 0.3 is 0 Å². The van der Waals surface area contributed by atoms with Crippen LogP contribution in [0.25, 0.3) is 0 Å². The Hall–Kier alpha value is -0.0200. The first-order valence-corrected chi connectivity index (χ1v) is 7.72. The van der Waals surface area contributed by atoms with Gasteiger partial charge in [-0.05, 0) is 57.1 Å². The number of halogens is 2. The van der Waals surface area contributed by atoms with Crippen LogP contribution in [0.5, 0.6) is 0 Å². The molecule has 2 rings (SSSR count). The second kappa shape index (κ2) is 5.77. The zero-order chi connectivity index (χ0) is 14.1. The summed E-state index contributed by atoms with van der Waals surface area (Å²) in [5, 5.41) is 11.5. The molecule has 0 radical (unpaired) electrons. The van der Waals surface area contributed by atoms with Gasteiger partial charge in [-0.15, -0.1) is 0 Å². The molecular weight excluding hydrogens is 283 g/mol. The summed E-state index contributed by atoms with van der Waals surface area (Å²) in [6, 6.07) is 0. The maximum atomic E-state index is 11.5. The molecule has 0 unspecified atom stereocenters. The van der Waals surface area contributed by atoms with Crippen molar-refractivity contribution in [1.82, 2.24) is 0 Å². The maximum absolute atomic E-state index is 11.5. The fourth-order valence-corrected chi connectivity index (χ4v) is 4.33. The van der Waals surface area contributed by atoms with Crippen LogP contribution >= 0.6 is 23.2 Å². The first kappa shape index (κ1) is 15.4. The van der Waals surface area contributed by atoms with E-state index >= 15 is 0 Å². The van der Waals surface area contributed by atoms with Gasteiger partial charge in [0.15, 0.2) is 0 Å². The largest absolute Gasteiger partial charge is 0.382 e. The Kier molecular flexibility index (Phi) is 4.67. The van der Waals surface area contributed by atoms with Crippen LogP contribution in [0.3, 0.4) is 0 Å². The first-order valence-electron chi connectivity index (χ1n) is 6.96. The molecule has 19 heavy (non-hydrogen) atoms. The number of ether oxygens (including phenoxy) is 1. The van der Waals surface area contributed by atoms with Crippen LogP contribution in [0.2, 0.25) is 0 Å². The summed E-state index contributed by atoms with van der Waals surface area (Å²) in [5.41, 5.74) is -0.395. The third-order valence-corrected chi connectivity index (χ3v) is 5.16. The van der Waals surface area contributed by atoms with Gasteiger partial charge in [-0.25, -0.2) is 0 Å². The Morgan fingerprint density at radius 1 is 1.37 bits per heavy atom. The van der Waals surface area contributed by atoms with Gasteiger partial charge in [0.05, 0.1) is 0 Å². The van der Waals surface area contributed by atoms with Gasteiger partial charge in [0, 0.05) is 13.0 Å². The van der Waals surface area contributed by atoms with E-state index in [-0.39, 0.29) is 10.4 Å². The molecule has 0 saturated heterocycles. The summed E-state index contributed by atoms with van der Waals surface area (Å²) in [4.78, 5) is 0. The van der Waals surface area contributed by atoms with E-state index in [0.717, 1.165) is 44.1 Å². The highest BCUT2D eigenvalue weighted by atomic mass is 35.5. The molecule has 0 heterocycles. The van der Waals surface area contributed by atoms with E-state index in [4.69, 9.17) is 27.9 Å². The molecule has 2 aliphatic rings. The summed E-state index contributed by atoms with van der Waals surface area (Å²) >= 11 is 11.7. The van der Waals surface area contributed by atoms with Crippen LogP contribution in [-0.2, 0) is 4.74 Å². The lowest BCUT2D eigenvalue weighted by atomic mass is 9.57. The van der Waals surface area contributed by atoms with E-state index in [2.05, 4.69) is 0 Å².